The van der Waals surface area contributed by atoms with Crippen molar-refractivity contribution in [2.75, 3.05) is 11.9 Å². The Balaban J connectivity index is 3.02. The molecule has 1 rings (SSSR count). The highest BCUT2D eigenvalue weighted by Gasteiger charge is 2.05. The van der Waals surface area contributed by atoms with Gasteiger partial charge in [-0.15, -0.1) is 0 Å². The lowest BCUT2D eigenvalue weighted by Crippen LogP contribution is -1.92. The minimum absolute atomic E-state index is 0.576. The molecule has 0 aliphatic rings. The van der Waals surface area contributed by atoms with Crippen molar-refractivity contribution in [2.24, 2.45) is 0 Å². The molecule has 1 aromatic carbocycles. The topological polar surface area (TPSA) is 9.23 Å². The van der Waals surface area contributed by atoms with E-state index in [0.717, 1.165) is 10.9 Å². The predicted molar refractivity (Wildman–Crippen MR) is 70.5 cm³/mol. The molecule has 1 nitrogen and oxygen atoms in total. The fourth-order valence-corrected chi connectivity index (χ4v) is 1.74. The molecular weight excluding hydrogens is 299 g/mol. The molecule has 0 aliphatic carbocycles. The van der Waals surface area contributed by atoms with Gasteiger partial charge in [-0.3, -0.25) is 0 Å². The monoisotopic (exact) mass is 308 g/mol. The van der Waals surface area contributed by atoms with Crippen LogP contribution in [0.1, 0.15) is 12.5 Å². The smallest absolute Gasteiger partial charge is 0.139 e. The standard InChI is InChI=1S/C11H11BrCl2O/c1-2-15-11-7-9(13)8(4-3-5-12)6-10(11)14/h3-4,6-7H,2,5H2,1H3. The summed E-state index contributed by atoms with van der Waals surface area (Å²) in [4.78, 5) is 0. The molecule has 0 unspecified atom stereocenters. The van der Waals surface area contributed by atoms with Crippen molar-refractivity contribution < 1.29 is 4.74 Å². The highest BCUT2D eigenvalue weighted by Crippen LogP contribution is 2.31. The zero-order valence-corrected chi connectivity index (χ0v) is 11.4. The van der Waals surface area contributed by atoms with Crippen LogP contribution in [0.4, 0.5) is 0 Å². The maximum atomic E-state index is 6.07. The number of allylic oxidation sites excluding steroid dienone is 1. The Morgan fingerprint density at radius 2 is 2.07 bits per heavy atom. The van der Waals surface area contributed by atoms with E-state index < -0.39 is 0 Å². The molecule has 0 aromatic heterocycles. The minimum Gasteiger partial charge on any atom is -0.492 e. The molecule has 1 aromatic rings. The van der Waals surface area contributed by atoms with Crippen molar-refractivity contribution in [2.45, 2.75) is 6.92 Å². The van der Waals surface area contributed by atoms with Crippen LogP contribution in [0.25, 0.3) is 6.08 Å². The van der Waals surface area contributed by atoms with E-state index in [-0.39, 0.29) is 0 Å². The molecule has 15 heavy (non-hydrogen) atoms. The van der Waals surface area contributed by atoms with E-state index in [1.807, 2.05) is 19.1 Å². The van der Waals surface area contributed by atoms with Crippen LogP contribution < -0.4 is 4.74 Å². The zero-order chi connectivity index (χ0) is 11.3. The lowest BCUT2D eigenvalue weighted by Gasteiger charge is -2.07. The van der Waals surface area contributed by atoms with Crippen LogP contribution in [0.2, 0.25) is 10.0 Å². The second-order valence-electron chi connectivity index (χ2n) is 2.79. The Bertz CT molecular complexity index is 364. The summed E-state index contributed by atoms with van der Waals surface area (Å²) in [7, 11) is 0. The molecule has 0 spiro atoms. The summed E-state index contributed by atoms with van der Waals surface area (Å²) in [6.45, 7) is 2.48. The SMILES string of the molecule is CCOc1cc(Cl)c(C=CCBr)cc1Cl. The average molecular weight is 310 g/mol. The van der Waals surface area contributed by atoms with E-state index in [1.165, 1.54) is 0 Å². The third kappa shape index (κ3) is 3.71. The lowest BCUT2D eigenvalue weighted by atomic mass is 10.2. The molecule has 0 saturated heterocycles. The second-order valence-corrected chi connectivity index (χ2v) is 4.26. The van der Waals surface area contributed by atoms with Crippen molar-refractivity contribution in [1.82, 2.24) is 0 Å². The summed E-state index contributed by atoms with van der Waals surface area (Å²) in [5.74, 6) is 0.625. The van der Waals surface area contributed by atoms with Gasteiger partial charge in [-0.1, -0.05) is 51.3 Å². The van der Waals surface area contributed by atoms with E-state index >= 15 is 0 Å². The van der Waals surface area contributed by atoms with Crippen LogP contribution in [-0.2, 0) is 0 Å². The number of hydrogen-bond acceptors (Lipinski definition) is 1. The number of rotatable bonds is 4. The van der Waals surface area contributed by atoms with Gasteiger partial charge in [0.1, 0.15) is 5.75 Å². The Morgan fingerprint density at radius 3 is 2.67 bits per heavy atom. The summed E-state index contributed by atoms with van der Waals surface area (Å²) in [6.07, 6.45) is 3.87. The summed E-state index contributed by atoms with van der Waals surface area (Å²) < 4.78 is 5.33. The fourth-order valence-electron chi connectivity index (χ4n) is 1.11. The first-order valence-corrected chi connectivity index (χ1v) is 6.41. The largest absolute Gasteiger partial charge is 0.492 e. The third-order valence-electron chi connectivity index (χ3n) is 1.74. The highest BCUT2D eigenvalue weighted by atomic mass is 79.9. The maximum Gasteiger partial charge on any atom is 0.139 e. The van der Waals surface area contributed by atoms with E-state index in [1.54, 1.807) is 12.1 Å². The Kier molecular flexibility index (Phi) is 5.51. The van der Waals surface area contributed by atoms with Gasteiger partial charge in [0.25, 0.3) is 0 Å². The Hall–Kier alpha value is -0.180. The molecule has 0 radical (unpaired) electrons. The summed E-state index contributed by atoms with van der Waals surface area (Å²) in [5.41, 5.74) is 0.893. The summed E-state index contributed by atoms with van der Waals surface area (Å²) >= 11 is 15.4. The van der Waals surface area contributed by atoms with Gasteiger partial charge in [0.2, 0.25) is 0 Å². The molecule has 0 fully saturated rings. The number of alkyl halides is 1. The van der Waals surface area contributed by atoms with Gasteiger partial charge in [-0.2, -0.15) is 0 Å². The van der Waals surface area contributed by atoms with Crippen molar-refractivity contribution >= 4 is 45.2 Å². The first kappa shape index (κ1) is 12.9. The predicted octanol–water partition coefficient (Wildman–Crippen LogP) is 4.80. The van der Waals surface area contributed by atoms with E-state index in [0.29, 0.717) is 22.4 Å². The first-order chi connectivity index (χ1) is 7.19. The molecule has 0 atom stereocenters. The number of hydrogen-bond donors (Lipinski definition) is 0. The van der Waals surface area contributed by atoms with Crippen molar-refractivity contribution in [3.8, 4) is 5.75 Å². The Labute approximate surface area is 108 Å². The van der Waals surface area contributed by atoms with Gasteiger partial charge in [0.05, 0.1) is 16.7 Å². The van der Waals surface area contributed by atoms with E-state index in [4.69, 9.17) is 27.9 Å². The van der Waals surface area contributed by atoms with E-state index in [9.17, 15) is 0 Å². The third-order valence-corrected chi connectivity index (χ3v) is 2.73. The molecule has 0 saturated carbocycles. The van der Waals surface area contributed by atoms with Crippen molar-refractivity contribution in [3.63, 3.8) is 0 Å². The van der Waals surface area contributed by atoms with Gasteiger partial charge >= 0.3 is 0 Å². The number of ether oxygens (including phenoxy) is 1. The first-order valence-electron chi connectivity index (χ1n) is 4.53. The molecule has 0 heterocycles. The van der Waals surface area contributed by atoms with Gasteiger partial charge in [0, 0.05) is 11.4 Å². The Morgan fingerprint density at radius 1 is 1.33 bits per heavy atom. The molecule has 82 valence electrons. The van der Waals surface area contributed by atoms with Gasteiger partial charge in [-0.25, -0.2) is 0 Å². The molecular formula is C11H11BrCl2O. The van der Waals surface area contributed by atoms with Gasteiger partial charge in [0.15, 0.2) is 0 Å². The second kappa shape index (κ2) is 6.41. The van der Waals surface area contributed by atoms with Crippen LogP contribution in [-0.4, -0.2) is 11.9 Å². The van der Waals surface area contributed by atoms with Gasteiger partial charge < -0.3 is 4.74 Å². The van der Waals surface area contributed by atoms with E-state index in [2.05, 4.69) is 15.9 Å². The quantitative estimate of drug-likeness (QED) is 0.726. The highest BCUT2D eigenvalue weighted by molar-refractivity contribution is 9.09. The molecule has 0 aliphatic heterocycles. The van der Waals surface area contributed by atoms with Crippen LogP contribution in [0, 0.1) is 0 Å². The van der Waals surface area contributed by atoms with Crippen LogP contribution in [0.5, 0.6) is 5.75 Å². The normalized spacial score (nSPS) is 10.9. The average Bonchev–Trinajstić information content (AvgIpc) is 2.21. The summed E-state index contributed by atoms with van der Waals surface area (Å²) in [5, 5.41) is 2.00. The number of benzene rings is 1. The molecule has 0 bridgehead atoms. The molecule has 4 heteroatoms. The lowest BCUT2D eigenvalue weighted by molar-refractivity contribution is 0.340. The van der Waals surface area contributed by atoms with Crippen LogP contribution in [0.15, 0.2) is 18.2 Å². The van der Waals surface area contributed by atoms with Gasteiger partial charge in [-0.05, 0) is 18.6 Å². The summed E-state index contributed by atoms with van der Waals surface area (Å²) in [6, 6.07) is 3.54. The van der Waals surface area contributed by atoms with Crippen LogP contribution in [0.3, 0.4) is 0 Å². The molecule has 0 N–H and O–H groups in total. The minimum atomic E-state index is 0.576. The molecule has 0 amide bonds. The van der Waals surface area contributed by atoms with Crippen LogP contribution >= 0.6 is 39.1 Å². The zero-order valence-electron chi connectivity index (χ0n) is 8.27. The van der Waals surface area contributed by atoms with Crippen molar-refractivity contribution in [1.29, 1.82) is 0 Å². The fraction of sp³-hybridized carbons (Fsp3) is 0.273. The number of halogens is 3. The van der Waals surface area contributed by atoms with Crippen molar-refractivity contribution in [3.05, 3.63) is 33.8 Å². The maximum absolute atomic E-state index is 6.07.